The SMILES string of the molecule is CSCC[C@H](NC(=O)c1cccc(/C=C(\CCn2ccnc2)c2ccc(F)cc2)c1)C(=O)O. The zero-order chi connectivity index (χ0) is 23.6. The first kappa shape index (κ1) is 24.3. The molecule has 33 heavy (non-hydrogen) atoms. The van der Waals surface area contributed by atoms with Gasteiger partial charge in [0.2, 0.25) is 0 Å². The van der Waals surface area contributed by atoms with Gasteiger partial charge in [-0.2, -0.15) is 11.8 Å². The molecule has 6 nitrogen and oxygen atoms in total. The number of carboxylic acid groups (broad SMARTS) is 1. The van der Waals surface area contributed by atoms with Crippen LogP contribution in [-0.4, -0.2) is 44.6 Å². The van der Waals surface area contributed by atoms with E-state index in [0.29, 0.717) is 30.7 Å². The van der Waals surface area contributed by atoms with Crippen LogP contribution >= 0.6 is 11.8 Å². The summed E-state index contributed by atoms with van der Waals surface area (Å²) in [5.74, 6) is -1.15. The topological polar surface area (TPSA) is 84.2 Å². The van der Waals surface area contributed by atoms with Crippen molar-refractivity contribution in [1.29, 1.82) is 0 Å². The van der Waals surface area contributed by atoms with Crippen molar-refractivity contribution in [3.63, 3.8) is 0 Å². The highest BCUT2D eigenvalue weighted by atomic mass is 32.2. The van der Waals surface area contributed by atoms with Crippen LogP contribution in [0.1, 0.15) is 34.3 Å². The lowest BCUT2D eigenvalue weighted by Gasteiger charge is -2.14. The van der Waals surface area contributed by atoms with Crippen molar-refractivity contribution in [2.75, 3.05) is 12.0 Å². The normalized spacial score (nSPS) is 12.4. The quantitative estimate of drug-likeness (QED) is 0.403. The zero-order valence-electron chi connectivity index (χ0n) is 18.3. The van der Waals surface area contributed by atoms with Crippen molar-refractivity contribution in [3.05, 3.63) is 89.8 Å². The minimum Gasteiger partial charge on any atom is -0.480 e. The fourth-order valence-corrected chi connectivity index (χ4v) is 3.81. The third-order valence-corrected chi connectivity index (χ3v) is 5.76. The van der Waals surface area contributed by atoms with E-state index in [1.807, 2.05) is 29.2 Å². The molecule has 2 aromatic carbocycles. The van der Waals surface area contributed by atoms with Crippen LogP contribution < -0.4 is 5.32 Å². The molecule has 0 saturated heterocycles. The summed E-state index contributed by atoms with van der Waals surface area (Å²) in [5, 5.41) is 12.0. The van der Waals surface area contributed by atoms with E-state index in [0.717, 1.165) is 16.7 Å². The van der Waals surface area contributed by atoms with E-state index < -0.39 is 17.9 Å². The van der Waals surface area contributed by atoms with E-state index in [1.54, 1.807) is 42.9 Å². The minimum absolute atomic E-state index is 0.305. The second-order valence-corrected chi connectivity index (χ2v) is 8.48. The molecule has 0 unspecified atom stereocenters. The van der Waals surface area contributed by atoms with Crippen molar-refractivity contribution in [3.8, 4) is 0 Å². The lowest BCUT2D eigenvalue weighted by molar-refractivity contribution is -0.139. The van der Waals surface area contributed by atoms with Crippen LogP contribution in [-0.2, 0) is 11.3 Å². The first-order valence-corrected chi connectivity index (χ1v) is 11.9. The van der Waals surface area contributed by atoms with Crippen LogP contribution in [0.15, 0.2) is 67.3 Å². The van der Waals surface area contributed by atoms with Gasteiger partial charge in [0.15, 0.2) is 0 Å². The van der Waals surface area contributed by atoms with Gasteiger partial charge in [-0.25, -0.2) is 14.2 Å². The minimum atomic E-state index is -1.05. The van der Waals surface area contributed by atoms with Crippen LogP contribution in [0, 0.1) is 5.82 Å². The van der Waals surface area contributed by atoms with Crippen molar-refractivity contribution < 1.29 is 19.1 Å². The summed E-state index contributed by atoms with van der Waals surface area (Å²) < 4.78 is 15.4. The molecule has 0 aliphatic rings. The number of halogens is 1. The monoisotopic (exact) mass is 467 g/mol. The maximum absolute atomic E-state index is 13.4. The number of benzene rings is 2. The molecule has 2 N–H and O–H groups in total. The number of aromatic nitrogens is 2. The highest BCUT2D eigenvalue weighted by molar-refractivity contribution is 7.98. The molecule has 0 aliphatic carbocycles. The number of imidazole rings is 1. The van der Waals surface area contributed by atoms with Crippen LogP contribution in [0.2, 0.25) is 0 Å². The number of nitrogens with one attached hydrogen (secondary N) is 1. The molecule has 0 saturated carbocycles. The molecule has 0 aliphatic heterocycles. The van der Waals surface area contributed by atoms with Crippen LogP contribution in [0.25, 0.3) is 11.6 Å². The number of carbonyl (C=O) groups excluding carboxylic acids is 1. The Kier molecular flexibility index (Phi) is 8.83. The van der Waals surface area contributed by atoms with E-state index in [9.17, 15) is 19.1 Å². The van der Waals surface area contributed by atoms with E-state index in [1.165, 1.54) is 23.9 Å². The lowest BCUT2D eigenvalue weighted by atomic mass is 9.98. The fourth-order valence-electron chi connectivity index (χ4n) is 3.34. The second-order valence-electron chi connectivity index (χ2n) is 7.50. The van der Waals surface area contributed by atoms with Gasteiger partial charge in [0, 0.05) is 24.5 Å². The number of allylic oxidation sites excluding steroid dienone is 1. The van der Waals surface area contributed by atoms with Gasteiger partial charge in [0.05, 0.1) is 6.33 Å². The summed E-state index contributed by atoms with van der Waals surface area (Å²) in [6, 6.07) is 12.4. The number of aryl methyl sites for hydroxylation is 1. The molecule has 0 fully saturated rings. The van der Waals surface area contributed by atoms with Crippen molar-refractivity contribution in [1.82, 2.24) is 14.9 Å². The maximum atomic E-state index is 13.4. The van der Waals surface area contributed by atoms with Gasteiger partial charge in [-0.05, 0) is 65.8 Å². The van der Waals surface area contributed by atoms with Gasteiger partial charge >= 0.3 is 5.97 Å². The van der Waals surface area contributed by atoms with Crippen LogP contribution in [0.5, 0.6) is 0 Å². The number of carboxylic acids is 1. The van der Waals surface area contributed by atoms with Crippen LogP contribution in [0.3, 0.4) is 0 Å². The largest absolute Gasteiger partial charge is 0.480 e. The van der Waals surface area contributed by atoms with Gasteiger partial charge in [-0.15, -0.1) is 0 Å². The Hall–Kier alpha value is -3.39. The van der Waals surface area contributed by atoms with Gasteiger partial charge < -0.3 is 15.0 Å². The molecule has 172 valence electrons. The smallest absolute Gasteiger partial charge is 0.326 e. The molecule has 0 radical (unpaired) electrons. The second kappa shape index (κ2) is 12.0. The van der Waals surface area contributed by atoms with E-state index in [4.69, 9.17) is 0 Å². The predicted molar refractivity (Wildman–Crippen MR) is 129 cm³/mol. The van der Waals surface area contributed by atoms with Gasteiger partial charge in [-0.1, -0.05) is 30.3 Å². The number of carbonyl (C=O) groups is 2. The molecule has 3 aromatic rings. The summed E-state index contributed by atoms with van der Waals surface area (Å²) >= 11 is 1.53. The van der Waals surface area contributed by atoms with E-state index in [-0.39, 0.29) is 5.82 Å². The molecular weight excluding hydrogens is 441 g/mol. The Labute approximate surface area is 196 Å². The molecule has 0 bridgehead atoms. The number of hydrogen-bond acceptors (Lipinski definition) is 4. The first-order chi connectivity index (χ1) is 16.0. The first-order valence-electron chi connectivity index (χ1n) is 10.5. The molecule has 3 rings (SSSR count). The standard InChI is InChI=1S/C25H26FN3O3S/c1-33-14-10-23(25(31)32)28-24(30)21-4-2-3-18(16-21)15-20(9-12-29-13-11-27-17-29)19-5-7-22(26)8-6-19/h2-8,11,13,15-17,23H,9-10,12,14H2,1H3,(H,28,30)(H,31,32)/b20-15+/t23-/m0/s1. The number of amides is 1. The van der Waals surface area contributed by atoms with Gasteiger partial charge in [0.1, 0.15) is 11.9 Å². The Morgan fingerprint density at radius 1 is 1.21 bits per heavy atom. The highest BCUT2D eigenvalue weighted by Gasteiger charge is 2.20. The molecule has 8 heteroatoms. The lowest BCUT2D eigenvalue weighted by Crippen LogP contribution is -2.41. The Morgan fingerprint density at radius 3 is 2.67 bits per heavy atom. The molecule has 1 atom stereocenters. The number of thioether (sulfide) groups is 1. The third-order valence-electron chi connectivity index (χ3n) is 5.12. The maximum Gasteiger partial charge on any atom is 0.326 e. The number of hydrogen-bond donors (Lipinski definition) is 2. The van der Waals surface area contributed by atoms with Crippen LogP contribution in [0.4, 0.5) is 4.39 Å². The average Bonchev–Trinajstić information content (AvgIpc) is 3.33. The molecule has 1 amide bonds. The van der Waals surface area contributed by atoms with Gasteiger partial charge in [-0.3, -0.25) is 4.79 Å². The zero-order valence-corrected chi connectivity index (χ0v) is 19.1. The summed E-state index contributed by atoms with van der Waals surface area (Å²) in [5.41, 5.74) is 3.04. The average molecular weight is 468 g/mol. The van der Waals surface area contributed by atoms with E-state index >= 15 is 0 Å². The summed E-state index contributed by atoms with van der Waals surface area (Å²) in [4.78, 5) is 28.2. The van der Waals surface area contributed by atoms with Crippen molar-refractivity contribution in [2.45, 2.75) is 25.4 Å². The summed E-state index contributed by atoms with van der Waals surface area (Å²) in [6.45, 7) is 0.694. The number of aliphatic carboxylic acids is 1. The highest BCUT2D eigenvalue weighted by Crippen LogP contribution is 2.23. The van der Waals surface area contributed by atoms with E-state index in [2.05, 4.69) is 10.3 Å². The Bertz CT molecular complexity index is 1100. The Morgan fingerprint density at radius 2 is 2.00 bits per heavy atom. The van der Waals surface area contributed by atoms with Crippen molar-refractivity contribution in [2.24, 2.45) is 0 Å². The number of rotatable bonds is 11. The third kappa shape index (κ3) is 7.32. The summed E-state index contributed by atoms with van der Waals surface area (Å²) in [6.07, 6.45) is 10.2. The number of nitrogens with zero attached hydrogens (tertiary/aromatic N) is 2. The van der Waals surface area contributed by atoms with Crippen molar-refractivity contribution >= 4 is 35.3 Å². The molecule has 1 aromatic heterocycles. The Balaban J connectivity index is 1.83. The fraction of sp³-hybridized carbons (Fsp3) is 0.240. The summed E-state index contributed by atoms with van der Waals surface area (Å²) in [7, 11) is 0. The molecular formula is C25H26FN3O3S. The molecule has 1 heterocycles. The molecule has 0 spiro atoms. The predicted octanol–water partition coefficient (Wildman–Crippen LogP) is 4.59. The van der Waals surface area contributed by atoms with Gasteiger partial charge in [0.25, 0.3) is 5.91 Å².